The summed E-state index contributed by atoms with van der Waals surface area (Å²) in [6.45, 7) is 2.08. The molecule has 0 aliphatic heterocycles. The van der Waals surface area contributed by atoms with Gasteiger partial charge in [0.15, 0.2) is 5.43 Å². The average molecular weight is 224 g/mol. The van der Waals surface area contributed by atoms with Crippen molar-refractivity contribution in [1.29, 1.82) is 0 Å². The minimum Gasteiger partial charge on any atom is -0.346 e. The van der Waals surface area contributed by atoms with Gasteiger partial charge in [-0.15, -0.1) is 0 Å². The standard InChI is InChI=1S/C14H12N2O/c1-10-4-2-3-5-12(10)13-9-15-14-8-11(17)6-7-16(13)14/h2-9,15H,1H3. The van der Waals surface area contributed by atoms with Crippen LogP contribution in [0.15, 0.2) is 53.6 Å². The SMILES string of the molecule is Cc1ccccc1-c1c[nH]c2cc(=O)ccn12. The van der Waals surface area contributed by atoms with E-state index in [0.717, 1.165) is 11.3 Å². The Morgan fingerprint density at radius 1 is 1.18 bits per heavy atom. The summed E-state index contributed by atoms with van der Waals surface area (Å²) in [7, 11) is 0. The number of hydrogen-bond acceptors (Lipinski definition) is 1. The van der Waals surface area contributed by atoms with Crippen LogP contribution in [0.3, 0.4) is 0 Å². The molecule has 0 bridgehead atoms. The van der Waals surface area contributed by atoms with E-state index in [1.807, 2.05) is 22.7 Å². The Labute approximate surface area is 98.4 Å². The Balaban J connectivity index is 2.32. The molecule has 2 aromatic heterocycles. The fraction of sp³-hybridized carbons (Fsp3) is 0.0714. The van der Waals surface area contributed by atoms with Gasteiger partial charge in [-0.3, -0.25) is 4.79 Å². The lowest BCUT2D eigenvalue weighted by molar-refractivity contribution is 1.17. The first-order chi connectivity index (χ1) is 8.25. The monoisotopic (exact) mass is 224 g/mol. The third-order valence-electron chi connectivity index (χ3n) is 2.96. The van der Waals surface area contributed by atoms with E-state index in [2.05, 4.69) is 24.0 Å². The Morgan fingerprint density at radius 3 is 2.82 bits per heavy atom. The number of hydrogen-bond donors (Lipinski definition) is 1. The molecule has 0 aliphatic carbocycles. The molecule has 0 atom stereocenters. The van der Waals surface area contributed by atoms with Gasteiger partial charge in [-0.2, -0.15) is 0 Å². The Morgan fingerprint density at radius 2 is 2.00 bits per heavy atom. The van der Waals surface area contributed by atoms with E-state index in [0.29, 0.717) is 0 Å². The Kier molecular flexibility index (Phi) is 2.11. The number of H-pyrrole nitrogens is 1. The Bertz CT molecular complexity index is 737. The molecule has 3 nitrogen and oxygen atoms in total. The molecule has 0 aliphatic rings. The molecule has 1 aromatic carbocycles. The third kappa shape index (κ3) is 1.56. The lowest BCUT2D eigenvalue weighted by Gasteiger charge is -2.04. The van der Waals surface area contributed by atoms with Gasteiger partial charge in [-0.25, -0.2) is 0 Å². The van der Waals surface area contributed by atoms with Gasteiger partial charge in [-0.1, -0.05) is 24.3 Å². The Hall–Kier alpha value is -2.29. The van der Waals surface area contributed by atoms with Crippen molar-refractivity contribution >= 4 is 5.65 Å². The topological polar surface area (TPSA) is 37.3 Å². The first-order valence-electron chi connectivity index (χ1n) is 5.51. The first-order valence-corrected chi connectivity index (χ1v) is 5.51. The van der Waals surface area contributed by atoms with Crippen LogP contribution in [0.25, 0.3) is 16.9 Å². The van der Waals surface area contributed by atoms with Crippen molar-refractivity contribution in [2.45, 2.75) is 6.92 Å². The molecule has 0 spiro atoms. The van der Waals surface area contributed by atoms with Gasteiger partial charge in [0.05, 0.1) is 5.69 Å². The predicted molar refractivity (Wildman–Crippen MR) is 68.2 cm³/mol. The highest BCUT2D eigenvalue weighted by atomic mass is 16.1. The summed E-state index contributed by atoms with van der Waals surface area (Å²) in [6, 6.07) is 11.4. The zero-order valence-electron chi connectivity index (χ0n) is 9.47. The number of pyridine rings is 1. The maximum Gasteiger partial charge on any atom is 0.183 e. The first kappa shape index (κ1) is 9.90. The van der Waals surface area contributed by atoms with Crippen LogP contribution >= 0.6 is 0 Å². The molecule has 17 heavy (non-hydrogen) atoms. The third-order valence-corrected chi connectivity index (χ3v) is 2.96. The highest BCUT2D eigenvalue weighted by Crippen LogP contribution is 2.23. The van der Waals surface area contributed by atoms with Gasteiger partial charge in [0, 0.05) is 30.1 Å². The number of aromatic amines is 1. The van der Waals surface area contributed by atoms with Crippen molar-refractivity contribution in [3.8, 4) is 11.3 Å². The van der Waals surface area contributed by atoms with E-state index in [1.54, 1.807) is 18.3 Å². The normalized spacial score (nSPS) is 10.9. The number of fused-ring (bicyclic) bond motifs is 1. The van der Waals surface area contributed by atoms with E-state index in [9.17, 15) is 4.79 Å². The molecule has 3 heteroatoms. The summed E-state index contributed by atoms with van der Waals surface area (Å²) in [6.07, 6.45) is 3.73. The average Bonchev–Trinajstić information content (AvgIpc) is 2.72. The number of aromatic nitrogens is 2. The number of nitrogens with one attached hydrogen (secondary N) is 1. The van der Waals surface area contributed by atoms with E-state index < -0.39 is 0 Å². The van der Waals surface area contributed by atoms with Crippen LogP contribution in [0.5, 0.6) is 0 Å². The zero-order chi connectivity index (χ0) is 11.8. The number of aryl methyl sites for hydroxylation is 1. The summed E-state index contributed by atoms with van der Waals surface area (Å²) in [5.74, 6) is 0. The summed E-state index contributed by atoms with van der Waals surface area (Å²) in [5, 5.41) is 0. The molecule has 1 N–H and O–H groups in total. The second kappa shape index (κ2) is 3.63. The largest absolute Gasteiger partial charge is 0.346 e. The quantitative estimate of drug-likeness (QED) is 0.677. The van der Waals surface area contributed by atoms with Crippen molar-refractivity contribution in [2.24, 2.45) is 0 Å². The molecule has 0 saturated carbocycles. The van der Waals surface area contributed by atoms with E-state index >= 15 is 0 Å². The van der Waals surface area contributed by atoms with Crippen LogP contribution in [-0.4, -0.2) is 9.38 Å². The van der Waals surface area contributed by atoms with Crippen LogP contribution < -0.4 is 5.43 Å². The summed E-state index contributed by atoms with van der Waals surface area (Å²) in [4.78, 5) is 14.4. The van der Waals surface area contributed by atoms with Crippen molar-refractivity contribution in [1.82, 2.24) is 9.38 Å². The van der Waals surface area contributed by atoms with Gasteiger partial charge >= 0.3 is 0 Å². The fourth-order valence-electron chi connectivity index (χ4n) is 2.08. The van der Waals surface area contributed by atoms with Gasteiger partial charge in [-0.05, 0) is 12.5 Å². The zero-order valence-corrected chi connectivity index (χ0v) is 9.47. The van der Waals surface area contributed by atoms with Crippen molar-refractivity contribution in [3.63, 3.8) is 0 Å². The van der Waals surface area contributed by atoms with Crippen LogP contribution in [0.2, 0.25) is 0 Å². The van der Waals surface area contributed by atoms with Crippen molar-refractivity contribution in [2.75, 3.05) is 0 Å². The van der Waals surface area contributed by atoms with Crippen molar-refractivity contribution in [3.05, 3.63) is 64.6 Å². The van der Waals surface area contributed by atoms with E-state index in [-0.39, 0.29) is 5.43 Å². The molecule has 0 radical (unpaired) electrons. The second-order valence-corrected chi connectivity index (χ2v) is 4.11. The summed E-state index contributed by atoms with van der Waals surface area (Å²) in [5.41, 5.74) is 4.28. The maximum absolute atomic E-state index is 11.3. The van der Waals surface area contributed by atoms with Crippen LogP contribution in [0.4, 0.5) is 0 Å². The molecular formula is C14H12N2O. The fourth-order valence-corrected chi connectivity index (χ4v) is 2.08. The summed E-state index contributed by atoms with van der Waals surface area (Å²) < 4.78 is 1.99. The minimum absolute atomic E-state index is 0.0168. The van der Waals surface area contributed by atoms with Gasteiger partial charge in [0.2, 0.25) is 0 Å². The summed E-state index contributed by atoms with van der Waals surface area (Å²) >= 11 is 0. The highest BCUT2D eigenvalue weighted by Gasteiger charge is 2.06. The second-order valence-electron chi connectivity index (χ2n) is 4.11. The number of imidazole rings is 1. The number of nitrogens with zero attached hydrogens (tertiary/aromatic N) is 1. The number of benzene rings is 1. The van der Waals surface area contributed by atoms with Gasteiger partial charge in [0.25, 0.3) is 0 Å². The predicted octanol–water partition coefficient (Wildman–Crippen LogP) is 2.60. The molecule has 0 amide bonds. The lowest BCUT2D eigenvalue weighted by atomic mass is 10.1. The smallest absolute Gasteiger partial charge is 0.183 e. The van der Waals surface area contributed by atoms with Crippen LogP contribution in [0, 0.1) is 6.92 Å². The highest BCUT2D eigenvalue weighted by molar-refractivity contribution is 5.66. The maximum atomic E-state index is 11.3. The molecule has 0 saturated heterocycles. The molecule has 3 rings (SSSR count). The van der Waals surface area contributed by atoms with Gasteiger partial charge in [0.1, 0.15) is 5.65 Å². The van der Waals surface area contributed by atoms with Gasteiger partial charge < -0.3 is 9.38 Å². The van der Waals surface area contributed by atoms with Crippen LogP contribution in [-0.2, 0) is 0 Å². The van der Waals surface area contributed by atoms with E-state index in [1.165, 1.54) is 11.1 Å². The molecular weight excluding hydrogens is 212 g/mol. The van der Waals surface area contributed by atoms with Crippen molar-refractivity contribution < 1.29 is 0 Å². The lowest BCUT2D eigenvalue weighted by Crippen LogP contribution is -1.99. The number of rotatable bonds is 1. The molecule has 0 unspecified atom stereocenters. The molecule has 0 fully saturated rings. The minimum atomic E-state index is 0.0168. The van der Waals surface area contributed by atoms with E-state index in [4.69, 9.17) is 0 Å². The van der Waals surface area contributed by atoms with Crippen LogP contribution in [0.1, 0.15) is 5.56 Å². The molecule has 84 valence electrons. The molecule has 2 heterocycles. The molecule has 3 aromatic rings.